The van der Waals surface area contributed by atoms with E-state index in [1.807, 2.05) is 0 Å². The van der Waals surface area contributed by atoms with E-state index in [-0.39, 0.29) is 23.6 Å². The number of ether oxygens (including phenoxy) is 2. The number of carbonyl (C=O) groups is 1. The summed E-state index contributed by atoms with van der Waals surface area (Å²) in [6.07, 6.45) is 0.511. The van der Waals surface area contributed by atoms with Crippen LogP contribution < -0.4 is 9.47 Å². The van der Waals surface area contributed by atoms with Crippen LogP contribution >= 0.6 is 11.6 Å². The van der Waals surface area contributed by atoms with Gasteiger partial charge in [-0.05, 0) is 24.3 Å². The number of nitro benzene ring substituents is 1. The molecular formula is C15H12ClNO5. The number of nitro groups is 1. The molecule has 0 atom stereocenters. The lowest BCUT2D eigenvalue weighted by molar-refractivity contribution is -0.384. The van der Waals surface area contributed by atoms with Crippen molar-refractivity contribution >= 4 is 23.6 Å². The molecule has 0 bridgehead atoms. The molecule has 114 valence electrons. The maximum absolute atomic E-state index is 11.0. The van der Waals surface area contributed by atoms with Gasteiger partial charge < -0.3 is 9.47 Å². The third kappa shape index (κ3) is 3.53. The van der Waals surface area contributed by atoms with Crippen LogP contribution in [0.1, 0.15) is 15.9 Å². The van der Waals surface area contributed by atoms with Crippen molar-refractivity contribution < 1.29 is 19.2 Å². The van der Waals surface area contributed by atoms with Gasteiger partial charge in [-0.15, -0.1) is 0 Å². The summed E-state index contributed by atoms with van der Waals surface area (Å²) >= 11 is 5.93. The van der Waals surface area contributed by atoms with Crippen molar-refractivity contribution in [3.8, 4) is 11.5 Å². The molecule has 0 heterocycles. The molecule has 0 amide bonds. The molecule has 2 rings (SSSR count). The zero-order valence-corrected chi connectivity index (χ0v) is 12.4. The fourth-order valence-corrected chi connectivity index (χ4v) is 2.08. The Morgan fingerprint density at radius 2 is 1.95 bits per heavy atom. The van der Waals surface area contributed by atoms with Gasteiger partial charge in [-0.2, -0.15) is 0 Å². The lowest BCUT2D eigenvalue weighted by Crippen LogP contribution is -2.01. The third-order valence-electron chi connectivity index (χ3n) is 2.96. The van der Waals surface area contributed by atoms with Gasteiger partial charge in [0, 0.05) is 22.7 Å². The molecule has 0 unspecified atom stereocenters. The summed E-state index contributed by atoms with van der Waals surface area (Å²) < 4.78 is 10.8. The van der Waals surface area contributed by atoms with Gasteiger partial charge in [0.1, 0.15) is 18.1 Å². The minimum atomic E-state index is -0.573. The Labute approximate surface area is 131 Å². The highest BCUT2D eigenvalue weighted by Gasteiger charge is 2.12. The zero-order chi connectivity index (χ0) is 16.1. The smallest absolute Gasteiger partial charge is 0.270 e. The second-order valence-corrected chi connectivity index (χ2v) is 4.78. The molecule has 0 aliphatic carbocycles. The van der Waals surface area contributed by atoms with E-state index in [0.29, 0.717) is 22.6 Å². The van der Waals surface area contributed by atoms with E-state index in [4.69, 9.17) is 21.1 Å². The molecule has 2 aromatic carbocycles. The first kappa shape index (κ1) is 15.8. The Balaban J connectivity index is 2.23. The fraction of sp³-hybridized carbons (Fsp3) is 0.133. The normalized spacial score (nSPS) is 10.1. The van der Waals surface area contributed by atoms with Crippen LogP contribution in [0.3, 0.4) is 0 Å². The number of halogens is 1. The molecule has 0 aromatic heterocycles. The van der Waals surface area contributed by atoms with Crippen LogP contribution in [-0.2, 0) is 6.61 Å². The van der Waals surface area contributed by atoms with Crippen LogP contribution in [0.5, 0.6) is 11.5 Å². The maximum atomic E-state index is 11.0. The fourth-order valence-electron chi connectivity index (χ4n) is 1.89. The molecule has 0 radical (unpaired) electrons. The summed E-state index contributed by atoms with van der Waals surface area (Å²) in [5, 5.41) is 11.2. The number of hydrogen-bond donors (Lipinski definition) is 0. The van der Waals surface area contributed by atoms with Crippen molar-refractivity contribution in [1.29, 1.82) is 0 Å². The SMILES string of the molecule is COc1ccc(Cl)cc1COc1ccc([N+](=O)[O-])cc1C=O. The van der Waals surface area contributed by atoms with Gasteiger partial charge in [0.15, 0.2) is 6.29 Å². The molecule has 0 saturated heterocycles. The van der Waals surface area contributed by atoms with Crippen LogP contribution in [0.2, 0.25) is 5.02 Å². The van der Waals surface area contributed by atoms with E-state index in [0.717, 1.165) is 6.07 Å². The van der Waals surface area contributed by atoms with Crippen molar-refractivity contribution in [3.05, 3.63) is 62.7 Å². The highest BCUT2D eigenvalue weighted by Crippen LogP contribution is 2.27. The Morgan fingerprint density at radius 1 is 1.23 bits per heavy atom. The predicted molar refractivity (Wildman–Crippen MR) is 80.8 cm³/mol. The van der Waals surface area contributed by atoms with Gasteiger partial charge >= 0.3 is 0 Å². The van der Waals surface area contributed by atoms with Gasteiger partial charge in [-0.1, -0.05) is 11.6 Å². The van der Waals surface area contributed by atoms with Crippen molar-refractivity contribution in [2.24, 2.45) is 0 Å². The van der Waals surface area contributed by atoms with E-state index in [9.17, 15) is 14.9 Å². The quantitative estimate of drug-likeness (QED) is 0.461. The van der Waals surface area contributed by atoms with E-state index < -0.39 is 4.92 Å². The standard InChI is InChI=1S/C15H12ClNO5/c1-21-14-4-2-12(16)6-11(14)9-22-15-5-3-13(17(19)20)7-10(15)8-18/h2-8H,9H2,1H3. The van der Waals surface area contributed by atoms with Gasteiger partial charge in [-0.3, -0.25) is 14.9 Å². The Morgan fingerprint density at radius 3 is 2.59 bits per heavy atom. The third-order valence-corrected chi connectivity index (χ3v) is 3.19. The van der Waals surface area contributed by atoms with Gasteiger partial charge in [-0.25, -0.2) is 0 Å². The molecule has 22 heavy (non-hydrogen) atoms. The summed E-state index contributed by atoms with van der Waals surface area (Å²) in [5.41, 5.74) is 0.634. The van der Waals surface area contributed by atoms with Crippen molar-refractivity contribution in [3.63, 3.8) is 0 Å². The average molecular weight is 322 g/mol. The number of aldehydes is 1. The van der Waals surface area contributed by atoms with Gasteiger partial charge in [0.25, 0.3) is 5.69 Å². The molecule has 2 aromatic rings. The van der Waals surface area contributed by atoms with Crippen molar-refractivity contribution in [2.45, 2.75) is 6.61 Å². The lowest BCUT2D eigenvalue weighted by atomic mass is 10.2. The number of non-ortho nitro benzene ring substituents is 1. The van der Waals surface area contributed by atoms with E-state index in [1.165, 1.54) is 19.2 Å². The molecule has 0 aliphatic heterocycles. The molecule has 0 fully saturated rings. The zero-order valence-electron chi connectivity index (χ0n) is 11.6. The predicted octanol–water partition coefficient (Wildman–Crippen LogP) is 3.65. The second-order valence-electron chi connectivity index (χ2n) is 4.34. The number of methoxy groups -OCH3 is 1. The summed E-state index contributed by atoms with van der Waals surface area (Å²) in [4.78, 5) is 21.2. The van der Waals surface area contributed by atoms with Crippen LogP contribution in [0.15, 0.2) is 36.4 Å². The van der Waals surface area contributed by atoms with E-state index in [1.54, 1.807) is 18.2 Å². The summed E-state index contributed by atoms with van der Waals surface area (Å²) in [6, 6.07) is 8.91. The van der Waals surface area contributed by atoms with Gasteiger partial charge in [0.05, 0.1) is 17.6 Å². The largest absolute Gasteiger partial charge is 0.496 e. The molecule has 0 N–H and O–H groups in total. The Bertz CT molecular complexity index is 717. The Hall–Kier alpha value is -2.60. The maximum Gasteiger partial charge on any atom is 0.270 e. The first-order valence-corrected chi connectivity index (χ1v) is 6.61. The second kappa shape index (κ2) is 6.91. The summed E-state index contributed by atoms with van der Waals surface area (Å²) in [5.74, 6) is 0.849. The molecule has 7 heteroatoms. The number of rotatable bonds is 6. The number of carbonyl (C=O) groups excluding carboxylic acids is 1. The summed E-state index contributed by atoms with van der Waals surface area (Å²) in [7, 11) is 1.52. The van der Waals surface area contributed by atoms with E-state index in [2.05, 4.69) is 0 Å². The number of hydrogen-bond acceptors (Lipinski definition) is 5. The highest BCUT2D eigenvalue weighted by atomic mass is 35.5. The highest BCUT2D eigenvalue weighted by molar-refractivity contribution is 6.30. The first-order chi connectivity index (χ1) is 10.5. The first-order valence-electron chi connectivity index (χ1n) is 6.24. The van der Waals surface area contributed by atoms with Crippen LogP contribution in [-0.4, -0.2) is 18.3 Å². The van der Waals surface area contributed by atoms with Crippen molar-refractivity contribution in [1.82, 2.24) is 0 Å². The number of nitrogens with zero attached hydrogens (tertiary/aromatic N) is 1. The number of benzene rings is 2. The molecule has 6 nitrogen and oxygen atoms in total. The van der Waals surface area contributed by atoms with Gasteiger partial charge in [0.2, 0.25) is 0 Å². The van der Waals surface area contributed by atoms with Crippen LogP contribution in [0.25, 0.3) is 0 Å². The minimum absolute atomic E-state index is 0.107. The van der Waals surface area contributed by atoms with Crippen LogP contribution in [0.4, 0.5) is 5.69 Å². The summed E-state index contributed by atoms with van der Waals surface area (Å²) in [6.45, 7) is 0.113. The molecule has 0 spiro atoms. The molecule has 0 aliphatic rings. The van der Waals surface area contributed by atoms with Crippen molar-refractivity contribution in [2.75, 3.05) is 7.11 Å². The van der Waals surface area contributed by atoms with E-state index >= 15 is 0 Å². The topological polar surface area (TPSA) is 78.7 Å². The average Bonchev–Trinajstić information content (AvgIpc) is 2.52. The monoisotopic (exact) mass is 321 g/mol. The Kier molecular flexibility index (Phi) is 4.95. The van der Waals surface area contributed by atoms with Crippen LogP contribution in [0, 0.1) is 10.1 Å². The molecule has 0 saturated carbocycles. The minimum Gasteiger partial charge on any atom is -0.496 e. The molecular weight excluding hydrogens is 310 g/mol. The lowest BCUT2D eigenvalue weighted by Gasteiger charge is -2.11.